The number of rotatable bonds is 14. The standard InChI is InChI=1S/C31H36Cl2FN3O5S/c1-5-29(31(39)35-18-21(3)4)36(19-26-27(32)8-7-9-28(26)33)30(38)20-37(23-12-14-24(15-13-23)42-6-2)43(40,41)25-16-10-22(34)11-17-25/h7-17,21,29H,5-6,18-20H2,1-4H3,(H,35,39). The first-order valence-electron chi connectivity index (χ1n) is 13.9. The number of amides is 2. The molecular formula is C31H36Cl2FN3O5S. The highest BCUT2D eigenvalue weighted by molar-refractivity contribution is 7.92. The Labute approximate surface area is 262 Å². The minimum atomic E-state index is -4.36. The molecule has 12 heteroatoms. The smallest absolute Gasteiger partial charge is 0.264 e. The SMILES string of the molecule is CCOc1ccc(N(CC(=O)N(Cc2c(Cl)cccc2Cl)C(CC)C(=O)NCC(C)C)S(=O)(=O)c2ccc(F)cc2)cc1. The number of carbonyl (C=O) groups is 2. The lowest BCUT2D eigenvalue weighted by atomic mass is 10.1. The van der Waals surface area contributed by atoms with Crippen LogP contribution in [0.1, 0.15) is 39.7 Å². The highest BCUT2D eigenvalue weighted by Crippen LogP contribution is 2.29. The van der Waals surface area contributed by atoms with Crippen LogP contribution in [0.25, 0.3) is 0 Å². The second-order valence-corrected chi connectivity index (χ2v) is 12.9. The molecule has 0 aromatic heterocycles. The van der Waals surface area contributed by atoms with Crippen LogP contribution in [-0.4, -0.2) is 50.9 Å². The molecule has 0 bridgehead atoms. The normalized spacial score (nSPS) is 12.1. The van der Waals surface area contributed by atoms with E-state index >= 15 is 0 Å². The molecule has 0 heterocycles. The summed E-state index contributed by atoms with van der Waals surface area (Å²) in [6, 6.07) is 14.5. The van der Waals surface area contributed by atoms with Crippen molar-refractivity contribution in [1.29, 1.82) is 0 Å². The second-order valence-electron chi connectivity index (χ2n) is 10.2. The fraction of sp³-hybridized carbons (Fsp3) is 0.355. The van der Waals surface area contributed by atoms with Gasteiger partial charge in [0.15, 0.2) is 0 Å². The zero-order valence-corrected chi connectivity index (χ0v) is 26.8. The lowest BCUT2D eigenvalue weighted by Crippen LogP contribution is -2.52. The molecule has 3 rings (SSSR count). The maximum absolute atomic E-state index is 14.2. The van der Waals surface area contributed by atoms with E-state index in [-0.39, 0.29) is 35.4 Å². The Bertz CT molecular complexity index is 1480. The van der Waals surface area contributed by atoms with Crippen molar-refractivity contribution < 1.29 is 27.1 Å². The minimum absolute atomic E-state index is 0.140. The van der Waals surface area contributed by atoms with Crippen molar-refractivity contribution in [2.24, 2.45) is 5.92 Å². The van der Waals surface area contributed by atoms with Gasteiger partial charge >= 0.3 is 0 Å². The average Bonchev–Trinajstić information content (AvgIpc) is 2.97. The molecule has 0 radical (unpaired) electrons. The van der Waals surface area contributed by atoms with Crippen molar-refractivity contribution in [3.05, 3.63) is 88.2 Å². The van der Waals surface area contributed by atoms with Gasteiger partial charge in [0.2, 0.25) is 11.8 Å². The van der Waals surface area contributed by atoms with Crippen LogP contribution < -0.4 is 14.4 Å². The number of sulfonamides is 1. The van der Waals surface area contributed by atoms with E-state index in [2.05, 4.69) is 5.32 Å². The van der Waals surface area contributed by atoms with Gasteiger partial charge < -0.3 is 15.0 Å². The fourth-order valence-corrected chi connectivity index (χ4v) is 6.26. The van der Waals surface area contributed by atoms with E-state index in [1.165, 1.54) is 17.0 Å². The fourth-order valence-electron chi connectivity index (χ4n) is 4.33. The summed E-state index contributed by atoms with van der Waals surface area (Å²) >= 11 is 12.9. The number of hydrogen-bond donors (Lipinski definition) is 1. The molecule has 0 aliphatic rings. The number of ether oxygens (including phenoxy) is 1. The summed E-state index contributed by atoms with van der Waals surface area (Å²) in [5.41, 5.74) is 0.595. The highest BCUT2D eigenvalue weighted by atomic mass is 35.5. The molecule has 0 fully saturated rings. The minimum Gasteiger partial charge on any atom is -0.494 e. The van der Waals surface area contributed by atoms with Crippen LogP contribution in [-0.2, 0) is 26.2 Å². The summed E-state index contributed by atoms with van der Waals surface area (Å²) in [4.78, 5) is 28.6. The molecule has 43 heavy (non-hydrogen) atoms. The largest absolute Gasteiger partial charge is 0.494 e. The van der Waals surface area contributed by atoms with Crippen LogP contribution in [0.5, 0.6) is 5.75 Å². The van der Waals surface area contributed by atoms with Gasteiger partial charge in [0, 0.05) is 28.7 Å². The first kappa shape index (κ1) is 34.2. The Morgan fingerprint density at radius 3 is 2.09 bits per heavy atom. The van der Waals surface area contributed by atoms with Crippen molar-refractivity contribution in [3.8, 4) is 5.75 Å². The Morgan fingerprint density at radius 2 is 1.56 bits per heavy atom. The molecule has 3 aromatic rings. The van der Waals surface area contributed by atoms with Gasteiger partial charge in [-0.3, -0.25) is 13.9 Å². The van der Waals surface area contributed by atoms with Gasteiger partial charge in [-0.2, -0.15) is 0 Å². The zero-order chi connectivity index (χ0) is 31.7. The highest BCUT2D eigenvalue weighted by Gasteiger charge is 2.34. The molecule has 1 atom stereocenters. The maximum Gasteiger partial charge on any atom is 0.264 e. The molecule has 0 spiro atoms. The molecule has 2 amide bonds. The Hall–Kier alpha value is -3.34. The molecule has 232 valence electrons. The summed E-state index contributed by atoms with van der Waals surface area (Å²) in [6.45, 7) is 7.47. The molecule has 3 aromatic carbocycles. The zero-order valence-electron chi connectivity index (χ0n) is 24.5. The molecular weight excluding hydrogens is 616 g/mol. The van der Waals surface area contributed by atoms with Crippen molar-refractivity contribution in [1.82, 2.24) is 10.2 Å². The Balaban J connectivity index is 2.09. The number of hydrogen-bond acceptors (Lipinski definition) is 5. The molecule has 1 N–H and O–H groups in total. The lowest BCUT2D eigenvalue weighted by molar-refractivity contribution is -0.140. The van der Waals surface area contributed by atoms with Gasteiger partial charge in [0.05, 0.1) is 17.2 Å². The number of carbonyl (C=O) groups excluding carboxylic acids is 2. The summed E-state index contributed by atoms with van der Waals surface area (Å²) in [6.07, 6.45) is 0.242. The predicted molar refractivity (Wildman–Crippen MR) is 167 cm³/mol. The number of nitrogens with zero attached hydrogens (tertiary/aromatic N) is 2. The monoisotopic (exact) mass is 651 g/mol. The van der Waals surface area contributed by atoms with Crippen LogP contribution >= 0.6 is 23.2 Å². The number of halogens is 3. The molecule has 0 saturated carbocycles. The quantitative estimate of drug-likeness (QED) is 0.221. The molecule has 8 nitrogen and oxygen atoms in total. The molecule has 0 aliphatic carbocycles. The third kappa shape index (κ3) is 8.84. The average molecular weight is 653 g/mol. The van der Waals surface area contributed by atoms with Crippen molar-refractivity contribution in [3.63, 3.8) is 0 Å². The van der Waals surface area contributed by atoms with Crippen LogP contribution in [0, 0.1) is 11.7 Å². The summed E-state index contributed by atoms with van der Waals surface area (Å²) in [7, 11) is -4.36. The van der Waals surface area contributed by atoms with Crippen LogP contribution in [0.4, 0.5) is 10.1 Å². The Morgan fingerprint density at radius 1 is 0.953 bits per heavy atom. The van der Waals surface area contributed by atoms with Gasteiger partial charge in [-0.05, 0) is 79.9 Å². The second kappa shape index (κ2) is 15.4. The molecule has 0 saturated heterocycles. The van der Waals surface area contributed by atoms with Crippen LogP contribution in [0.3, 0.4) is 0 Å². The summed E-state index contributed by atoms with van der Waals surface area (Å²) < 4.78 is 47.9. The number of anilines is 1. The van der Waals surface area contributed by atoms with Crippen molar-refractivity contribution >= 4 is 50.7 Å². The third-order valence-corrected chi connectivity index (χ3v) is 9.07. The maximum atomic E-state index is 14.2. The van der Waals surface area contributed by atoms with E-state index < -0.39 is 34.3 Å². The van der Waals surface area contributed by atoms with E-state index in [1.807, 2.05) is 20.8 Å². The predicted octanol–water partition coefficient (Wildman–Crippen LogP) is 6.31. The van der Waals surface area contributed by atoms with Crippen molar-refractivity contribution in [2.45, 2.75) is 51.6 Å². The van der Waals surface area contributed by atoms with Gasteiger partial charge in [-0.1, -0.05) is 50.0 Å². The van der Waals surface area contributed by atoms with Crippen molar-refractivity contribution in [2.75, 3.05) is 24.0 Å². The van der Waals surface area contributed by atoms with Gasteiger partial charge in [0.1, 0.15) is 24.2 Å². The van der Waals surface area contributed by atoms with Gasteiger partial charge in [0.25, 0.3) is 10.0 Å². The van der Waals surface area contributed by atoms with E-state index in [0.29, 0.717) is 34.5 Å². The van der Waals surface area contributed by atoms with E-state index in [1.54, 1.807) is 37.3 Å². The first-order valence-corrected chi connectivity index (χ1v) is 16.1. The van der Waals surface area contributed by atoms with E-state index in [9.17, 15) is 22.4 Å². The third-order valence-electron chi connectivity index (χ3n) is 6.58. The van der Waals surface area contributed by atoms with E-state index in [4.69, 9.17) is 27.9 Å². The number of nitrogens with one attached hydrogen (secondary N) is 1. The lowest BCUT2D eigenvalue weighted by Gasteiger charge is -2.33. The van der Waals surface area contributed by atoms with Crippen LogP contribution in [0.2, 0.25) is 10.0 Å². The van der Waals surface area contributed by atoms with E-state index in [0.717, 1.165) is 28.6 Å². The Kier molecular flexibility index (Phi) is 12.2. The number of benzene rings is 3. The first-order chi connectivity index (χ1) is 20.4. The van der Waals surface area contributed by atoms with Gasteiger partial charge in [-0.25, -0.2) is 12.8 Å². The topological polar surface area (TPSA) is 96.0 Å². The van der Waals surface area contributed by atoms with Gasteiger partial charge in [-0.15, -0.1) is 0 Å². The summed E-state index contributed by atoms with van der Waals surface area (Å²) in [5, 5.41) is 3.46. The summed E-state index contributed by atoms with van der Waals surface area (Å²) in [5.74, 6) is -0.980. The molecule has 0 aliphatic heterocycles. The van der Waals surface area contributed by atoms with Crippen LogP contribution in [0.15, 0.2) is 71.6 Å². The molecule has 1 unspecified atom stereocenters.